The topological polar surface area (TPSA) is 143 Å². The summed E-state index contributed by atoms with van der Waals surface area (Å²) in [5.41, 5.74) is 2.80. The molecule has 0 radical (unpaired) electrons. The third kappa shape index (κ3) is 7.43. The highest BCUT2D eigenvalue weighted by molar-refractivity contribution is 7.92. The number of nitrogens with zero attached hydrogens (tertiary/aromatic N) is 4. The van der Waals surface area contributed by atoms with Gasteiger partial charge in [0.15, 0.2) is 9.84 Å². The number of nitrogens with one attached hydrogen (secondary N) is 2. The normalized spacial score (nSPS) is 16.9. The van der Waals surface area contributed by atoms with Gasteiger partial charge >= 0.3 is 0 Å². The van der Waals surface area contributed by atoms with Gasteiger partial charge in [-0.25, -0.2) is 26.1 Å². The van der Waals surface area contributed by atoms with E-state index in [-0.39, 0.29) is 23.5 Å². The minimum Gasteiger partial charge on any atom is -0.324 e. The van der Waals surface area contributed by atoms with E-state index in [0.717, 1.165) is 57.1 Å². The Morgan fingerprint density at radius 2 is 1.68 bits per heavy atom. The van der Waals surface area contributed by atoms with E-state index in [0.29, 0.717) is 41.3 Å². The summed E-state index contributed by atoms with van der Waals surface area (Å²) < 4.78 is 54.0. The standard InChI is InChI=1S/C34H42N6O5S2/c1-39(46(2,42)43)19-20-40-32-27(23-36-34(38-32)37-28-13-11-24(12-14-28)25-15-17-35-18-16-25)22-31(33(40)41)26-7-6-10-30(21-26)47(44,45)29-8-4-3-5-9-29/h6-7,10-14,21-23,25,29,35H,3-5,8-9,15-20H2,1-2H3,(H,36,37,38). The van der Waals surface area contributed by atoms with Crippen molar-refractivity contribution >= 4 is 42.5 Å². The van der Waals surface area contributed by atoms with E-state index in [1.54, 1.807) is 36.5 Å². The molecule has 2 fully saturated rings. The van der Waals surface area contributed by atoms with E-state index >= 15 is 0 Å². The van der Waals surface area contributed by atoms with Crippen molar-refractivity contribution in [3.63, 3.8) is 0 Å². The summed E-state index contributed by atoms with van der Waals surface area (Å²) in [4.78, 5) is 23.6. The molecule has 250 valence electrons. The van der Waals surface area contributed by atoms with Gasteiger partial charge in [-0.1, -0.05) is 43.5 Å². The zero-order valence-corrected chi connectivity index (χ0v) is 28.5. The SMILES string of the molecule is CN(CCn1c(=O)c(-c2cccc(S(=O)(=O)C3CCCCC3)c2)cc2cnc(Nc3ccc(C4CCNCC4)cc3)nc21)S(C)(=O)=O. The minimum atomic E-state index is -3.56. The van der Waals surface area contributed by atoms with Crippen LogP contribution in [0.15, 0.2) is 70.5 Å². The third-order valence-electron chi connectivity index (χ3n) is 9.47. The summed E-state index contributed by atoms with van der Waals surface area (Å²) in [7, 11) is -5.59. The fourth-order valence-corrected chi connectivity index (χ4v) is 8.88. The monoisotopic (exact) mass is 678 g/mol. The second-order valence-electron chi connectivity index (χ2n) is 12.7. The summed E-state index contributed by atoms with van der Waals surface area (Å²) in [6.45, 7) is 2.11. The van der Waals surface area contributed by atoms with Gasteiger partial charge in [-0.05, 0) is 86.1 Å². The summed E-state index contributed by atoms with van der Waals surface area (Å²) in [6, 6.07) is 16.5. The summed E-state index contributed by atoms with van der Waals surface area (Å²) in [5, 5.41) is 6.78. The molecule has 3 heterocycles. The molecule has 0 amide bonds. The zero-order valence-electron chi connectivity index (χ0n) is 26.9. The number of sulfonamides is 1. The molecule has 0 spiro atoms. The predicted octanol–water partition coefficient (Wildman–Crippen LogP) is 4.67. The number of likely N-dealkylation sites (N-methyl/N-ethyl adjacent to an activating group) is 1. The smallest absolute Gasteiger partial charge is 0.260 e. The molecule has 1 aliphatic heterocycles. The lowest BCUT2D eigenvalue weighted by molar-refractivity contribution is 0.449. The molecule has 0 bridgehead atoms. The first-order valence-corrected chi connectivity index (χ1v) is 19.6. The number of fused-ring (bicyclic) bond motifs is 1. The lowest BCUT2D eigenvalue weighted by Gasteiger charge is -2.23. The van der Waals surface area contributed by atoms with Crippen LogP contribution in [-0.2, 0) is 26.4 Å². The van der Waals surface area contributed by atoms with Crippen LogP contribution in [0, 0.1) is 0 Å². The fourth-order valence-electron chi connectivity index (χ4n) is 6.57. The predicted molar refractivity (Wildman–Crippen MR) is 185 cm³/mol. The van der Waals surface area contributed by atoms with Crippen LogP contribution in [0.1, 0.15) is 56.4 Å². The van der Waals surface area contributed by atoms with Gasteiger partial charge in [0.2, 0.25) is 16.0 Å². The second kappa shape index (κ2) is 13.8. The number of hydrogen-bond acceptors (Lipinski definition) is 9. The van der Waals surface area contributed by atoms with Gasteiger partial charge in [-0.15, -0.1) is 0 Å². The number of pyridine rings is 1. The Balaban J connectivity index is 1.36. The molecular weight excluding hydrogens is 637 g/mol. The zero-order chi connectivity index (χ0) is 33.2. The molecule has 4 aromatic rings. The molecule has 11 nitrogen and oxygen atoms in total. The summed E-state index contributed by atoms with van der Waals surface area (Å²) in [6.07, 6.45) is 9.05. The Labute approximate surface area is 276 Å². The molecule has 2 aliphatic rings. The highest BCUT2D eigenvalue weighted by atomic mass is 32.2. The fraction of sp³-hybridized carbons (Fsp3) is 0.441. The van der Waals surface area contributed by atoms with E-state index < -0.39 is 30.7 Å². The van der Waals surface area contributed by atoms with Gasteiger partial charge < -0.3 is 10.6 Å². The quantitative estimate of drug-likeness (QED) is 0.245. The van der Waals surface area contributed by atoms with Gasteiger partial charge in [-0.3, -0.25) is 9.36 Å². The number of benzene rings is 2. The van der Waals surface area contributed by atoms with Gasteiger partial charge in [-0.2, -0.15) is 4.98 Å². The van der Waals surface area contributed by atoms with Crippen LogP contribution < -0.4 is 16.2 Å². The Kier molecular flexibility index (Phi) is 9.79. The van der Waals surface area contributed by atoms with Crippen molar-refractivity contribution in [1.82, 2.24) is 24.2 Å². The summed E-state index contributed by atoms with van der Waals surface area (Å²) >= 11 is 0. The molecule has 0 atom stereocenters. The van der Waals surface area contributed by atoms with Crippen molar-refractivity contribution in [1.29, 1.82) is 0 Å². The highest BCUT2D eigenvalue weighted by Crippen LogP contribution is 2.31. The van der Waals surface area contributed by atoms with Gasteiger partial charge in [0, 0.05) is 43.0 Å². The van der Waals surface area contributed by atoms with Crippen LogP contribution in [-0.4, -0.2) is 73.9 Å². The van der Waals surface area contributed by atoms with E-state index in [4.69, 9.17) is 4.98 Å². The van der Waals surface area contributed by atoms with Crippen LogP contribution in [0.4, 0.5) is 11.6 Å². The maximum atomic E-state index is 14.1. The number of hydrogen-bond donors (Lipinski definition) is 2. The minimum absolute atomic E-state index is 0.0359. The molecule has 2 aromatic heterocycles. The molecule has 6 rings (SSSR count). The largest absolute Gasteiger partial charge is 0.324 e. The van der Waals surface area contributed by atoms with Crippen LogP contribution in [0.3, 0.4) is 0 Å². The summed E-state index contributed by atoms with van der Waals surface area (Å²) in [5.74, 6) is 0.828. The Hall–Kier alpha value is -3.65. The molecular formula is C34H42N6O5S2. The van der Waals surface area contributed by atoms with Crippen molar-refractivity contribution in [3.8, 4) is 11.1 Å². The average Bonchev–Trinajstić information content (AvgIpc) is 3.08. The van der Waals surface area contributed by atoms with Gasteiger partial charge in [0.25, 0.3) is 5.56 Å². The van der Waals surface area contributed by atoms with Crippen molar-refractivity contribution in [3.05, 3.63) is 76.7 Å². The number of piperidine rings is 1. The second-order valence-corrected chi connectivity index (χ2v) is 17.0. The molecule has 1 aliphatic carbocycles. The number of rotatable bonds is 10. The van der Waals surface area contributed by atoms with E-state index in [9.17, 15) is 21.6 Å². The molecule has 2 N–H and O–H groups in total. The molecule has 0 unspecified atom stereocenters. The molecule has 47 heavy (non-hydrogen) atoms. The lowest BCUT2D eigenvalue weighted by Crippen LogP contribution is -2.33. The van der Waals surface area contributed by atoms with Crippen LogP contribution in [0.25, 0.3) is 22.2 Å². The first kappa shape index (κ1) is 33.3. The van der Waals surface area contributed by atoms with E-state index in [2.05, 4.69) is 27.8 Å². The first-order valence-electron chi connectivity index (χ1n) is 16.2. The number of anilines is 2. The van der Waals surface area contributed by atoms with E-state index in [1.807, 2.05) is 12.1 Å². The molecule has 13 heteroatoms. The lowest BCUT2D eigenvalue weighted by atomic mass is 9.90. The maximum absolute atomic E-state index is 14.1. The maximum Gasteiger partial charge on any atom is 0.260 e. The van der Waals surface area contributed by atoms with Crippen LogP contribution >= 0.6 is 0 Å². The average molecular weight is 679 g/mol. The number of aromatic nitrogens is 3. The van der Waals surface area contributed by atoms with Crippen LogP contribution in [0.2, 0.25) is 0 Å². The van der Waals surface area contributed by atoms with Crippen molar-refractivity contribution in [2.24, 2.45) is 0 Å². The van der Waals surface area contributed by atoms with Gasteiger partial charge in [0.1, 0.15) is 5.65 Å². The highest BCUT2D eigenvalue weighted by Gasteiger charge is 2.29. The molecule has 1 saturated heterocycles. The molecule has 2 aromatic carbocycles. The van der Waals surface area contributed by atoms with Gasteiger partial charge in [0.05, 0.1) is 16.4 Å². The Bertz CT molecular complexity index is 2020. The number of sulfone groups is 1. The van der Waals surface area contributed by atoms with Crippen molar-refractivity contribution in [2.45, 2.75) is 67.6 Å². The Morgan fingerprint density at radius 1 is 0.957 bits per heavy atom. The third-order valence-corrected chi connectivity index (χ3v) is 13.0. The first-order chi connectivity index (χ1) is 22.5. The van der Waals surface area contributed by atoms with Crippen LogP contribution in [0.5, 0.6) is 0 Å². The van der Waals surface area contributed by atoms with Crippen molar-refractivity contribution < 1.29 is 16.8 Å². The molecule has 1 saturated carbocycles. The van der Waals surface area contributed by atoms with E-state index in [1.165, 1.54) is 21.5 Å². The van der Waals surface area contributed by atoms with Crippen molar-refractivity contribution in [2.75, 3.05) is 38.3 Å². The Morgan fingerprint density at radius 3 is 2.38 bits per heavy atom.